The fourth-order valence-electron chi connectivity index (χ4n) is 3.97. The summed E-state index contributed by atoms with van der Waals surface area (Å²) in [6, 6.07) is -0.596. The molecule has 1 aliphatic carbocycles. The highest BCUT2D eigenvalue weighted by Crippen LogP contribution is 2.42. The Labute approximate surface area is 134 Å². The number of thiazole rings is 1. The van der Waals surface area contributed by atoms with E-state index in [9.17, 15) is 14.7 Å². The molecule has 1 N–H and O–H groups in total. The number of hydrogen-bond acceptors (Lipinski definition) is 4. The van der Waals surface area contributed by atoms with Crippen LogP contribution < -0.4 is 0 Å². The summed E-state index contributed by atoms with van der Waals surface area (Å²) in [4.78, 5) is 30.0. The predicted octanol–water partition coefficient (Wildman–Crippen LogP) is 2.49. The SMILES string of the molecule is Cc1nc(CCCC(=O)N2CC3CCCC3C2C(=O)O)cs1. The Bertz CT molecular complexity index is 571. The van der Waals surface area contributed by atoms with Crippen molar-refractivity contribution in [1.29, 1.82) is 0 Å². The van der Waals surface area contributed by atoms with Gasteiger partial charge in [0.25, 0.3) is 0 Å². The standard InChI is InChI=1S/C16H22N2O3S/c1-10-17-12(9-22-10)5-3-7-14(19)18-8-11-4-2-6-13(11)15(18)16(20)21/h9,11,13,15H,2-8H2,1H3,(H,20,21). The van der Waals surface area contributed by atoms with E-state index < -0.39 is 12.0 Å². The molecule has 3 unspecified atom stereocenters. The van der Waals surface area contributed by atoms with Gasteiger partial charge in [0, 0.05) is 18.3 Å². The molecular formula is C16H22N2O3S. The highest BCUT2D eigenvalue weighted by molar-refractivity contribution is 7.09. The van der Waals surface area contributed by atoms with Gasteiger partial charge in [-0.05, 0) is 44.4 Å². The van der Waals surface area contributed by atoms with Crippen LogP contribution in [0.5, 0.6) is 0 Å². The first kappa shape index (κ1) is 15.5. The molecule has 0 spiro atoms. The van der Waals surface area contributed by atoms with E-state index >= 15 is 0 Å². The average molecular weight is 322 g/mol. The maximum Gasteiger partial charge on any atom is 0.326 e. The summed E-state index contributed by atoms with van der Waals surface area (Å²) in [6.07, 6.45) is 5.05. The van der Waals surface area contributed by atoms with Gasteiger partial charge in [-0.15, -0.1) is 11.3 Å². The lowest BCUT2D eigenvalue weighted by atomic mass is 9.94. The molecule has 3 atom stereocenters. The van der Waals surface area contributed by atoms with E-state index in [1.54, 1.807) is 16.2 Å². The number of carbonyl (C=O) groups excluding carboxylic acids is 1. The third-order valence-electron chi connectivity index (χ3n) is 4.95. The van der Waals surface area contributed by atoms with Crippen LogP contribution in [0, 0.1) is 18.8 Å². The van der Waals surface area contributed by atoms with Gasteiger partial charge in [0.1, 0.15) is 6.04 Å². The number of likely N-dealkylation sites (tertiary alicyclic amines) is 1. The number of carbonyl (C=O) groups is 2. The fraction of sp³-hybridized carbons (Fsp3) is 0.688. The van der Waals surface area contributed by atoms with Crippen LogP contribution in [0.15, 0.2) is 5.38 Å². The number of aryl methyl sites for hydroxylation is 2. The maximum absolute atomic E-state index is 12.4. The summed E-state index contributed by atoms with van der Waals surface area (Å²) < 4.78 is 0. The first-order valence-electron chi connectivity index (χ1n) is 7.99. The summed E-state index contributed by atoms with van der Waals surface area (Å²) in [5.74, 6) is -0.277. The first-order valence-corrected chi connectivity index (χ1v) is 8.87. The molecular weight excluding hydrogens is 300 g/mol. The van der Waals surface area contributed by atoms with Crippen LogP contribution in [-0.2, 0) is 16.0 Å². The molecule has 3 rings (SSSR count). The van der Waals surface area contributed by atoms with Crippen LogP contribution in [0.1, 0.15) is 42.8 Å². The van der Waals surface area contributed by atoms with E-state index in [0.717, 1.165) is 42.8 Å². The zero-order valence-electron chi connectivity index (χ0n) is 12.8. The molecule has 5 nitrogen and oxygen atoms in total. The molecule has 2 heterocycles. The van der Waals surface area contributed by atoms with E-state index in [0.29, 0.717) is 18.9 Å². The number of rotatable bonds is 5. The van der Waals surface area contributed by atoms with Gasteiger partial charge in [-0.25, -0.2) is 9.78 Å². The molecule has 2 fully saturated rings. The van der Waals surface area contributed by atoms with Crippen LogP contribution in [0.25, 0.3) is 0 Å². The molecule has 1 aromatic heterocycles. The summed E-state index contributed by atoms with van der Waals surface area (Å²) in [5, 5.41) is 12.6. The summed E-state index contributed by atoms with van der Waals surface area (Å²) in [6.45, 7) is 2.61. The van der Waals surface area contributed by atoms with E-state index in [1.807, 2.05) is 12.3 Å². The monoisotopic (exact) mass is 322 g/mol. The third kappa shape index (κ3) is 3.02. The van der Waals surface area contributed by atoms with Crippen molar-refractivity contribution < 1.29 is 14.7 Å². The zero-order valence-corrected chi connectivity index (χ0v) is 13.6. The van der Waals surface area contributed by atoms with Crippen molar-refractivity contribution >= 4 is 23.2 Å². The minimum Gasteiger partial charge on any atom is -0.480 e. The molecule has 120 valence electrons. The van der Waals surface area contributed by atoms with Gasteiger partial charge < -0.3 is 10.0 Å². The van der Waals surface area contributed by atoms with E-state index in [2.05, 4.69) is 4.98 Å². The van der Waals surface area contributed by atoms with Crippen LogP contribution >= 0.6 is 11.3 Å². The molecule has 2 aliphatic rings. The quantitative estimate of drug-likeness (QED) is 0.904. The van der Waals surface area contributed by atoms with Crippen molar-refractivity contribution in [3.63, 3.8) is 0 Å². The smallest absolute Gasteiger partial charge is 0.326 e. The Morgan fingerprint density at radius 1 is 1.45 bits per heavy atom. The Kier molecular flexibility index (Phi) is 4.47. The topological polar surface area (TPSA) is 70.5 Å². The van der Waals surface area contributed by atoms with Gasteiger partial charge >= 0.3 is 5.97 Å². The third-order valence-corrected chi connectivity index (χ3v) is 5.78. The fourth-order valence-corrected chi connectivity index (χ4v) is 4.61. The van der Waals surface area contributed by atoms with Gasteiger partial charge in [-0.1, -0.05) is 6.42 Å². The Morgan fingerprint density at radius 2 is 2.27 bits per heavy atom. The van der Waals surface area contributed by atoms with E-state index in [4.69, 9.17) is 0 Å². The zero-order chi connectivity index (χ0) is 15.7. The second kappa shape index (κ2) is 6.36. The van der Waals surface area contributed by atoms with Crippen molar-refractivity contribution in [3.8, 4) is 0 Å². The second-order valence-corrected chi connectivity index (χ2v) is 7.46. The predicted molar refractivity (Wildman–Crippen MR) is 83.8 cm³/mol. The van der Waals surface area contributed by atoms with Crippen molar-refractivity contribution in [3.05, 3.63) is 16.1 Å². The summed E-state index contributed by atoms with van der Waals surface area (Å²) in [7, 11) is 0. The van der Waals surface area contributed by atoms with Crippen molar-refractivity contribution in [1.82, 2.24) is 9.88 Å². The number of carboxylic acid groups (broad SMARTS) is 1. The lowest BCUT2D eigenvalue weighted by molar-refractivity contribution is -0.149. The summed E-state index contributed by atoms with van der Waals surface area (Å²) in [5.41, 5.74) is 1.03. The molecule has 0 bridgehead atoms. The van der Waals surface area contributed by atoms with Crippen LogP contribution in [0.2, 0.25) is 0 Å². The molecule has 6 heteroatoms. The van der Waals surface area contributed by atoms with Gasteiger partial charge in [0.2, 0.25) is 5.91 Å². The number of aliphatic carboxylic acids is 1. The van der Waals surface area contributed by atoms with E-state index in [-0.39, 0.29) is 11.8 Å². The van der Waals surface area contributed by atoms with Gasteiger partial charge in [-0.2, -0.15) is 0 Å². The number of nitrogens with zero attached hydrogens (tertiary/aromatic N) is 2. The molecule has 1 saturated heterocycles. The lowest BCUT2D eigenvalue weighted by Crippen LogP contribution is -2.43. The molecule has 1 saturated carbocycles. The van der Waals surface area contributed by atoms with Gasteiger partial charge in [-0.3, -0.25) is 4.79 Å². The minimum absolute atomic E-state index is 0.00579. The summed E-state index contributed by atoms with van der Waals surface area (Å²) >= 11 is 1.62. The lowest BCUT2D eigenvalue weighted by Gasteiger charge is -2.24. The Hall–Kier alpha value is -1.43. The highest BCUT2D eigenvalue weighted by Gasteiger charge is 2.49. The normalized spacial score (nSPS) is 27.1. The second-order valence-electron chi connectivity index (χ2n) is 6.40. The number of fused-ring (bicyclic) bond motifs is 1. The van der Waals surface area contributed by atoms with Crippen molar-refractivity contribution in [2.45, 2.75) is 51.5 Å². The first-order chi connectivity index (χ1) is 10.6. The Balaban J connectivity index is 1.56. The van der Waals surface area contributed by atoms with Gasteiger partial charge in [0.15, 0.2) is 0 Å². The molecule has 0 radical (unpaired) electrons. The van der Waals surface area contributed by atoms with Crippen molar-refractivity contribution in [2.24, 2.45) is 11.8 Å². The van der Waals surface area contributed by atoms with Crippen LogP contribution in [-0.4, -0.2) is 39.5 Å². The van der Waals surface area contributed by atoms with Crippen LogP contribution in [0.4, 0.5) is 0 Å². The average Bonchev–Trinajstić information content (AvgIpc) is 3.12. The molecule has 22 heavy (non-hydrogen) atoms. The van der Waals surface area contributed by atoms with Crippen LogP contribution in [0.3, 0.4) is 0 Å². The maximum atomic E-state index is 12.4. The number of aromatic nitrogens is 1. The number of amides is 1. The van der Waals surface area contributed by atoms with Gasteiger partial charge in [0.05, 0.1) is 10.7 Å². The number of hydrogen-bond donors (Lipinski definition) is 1. The Morgan fingerprint density at radius 3 is 2.95 bits per heavy atom. The largest absolute Gasteiger partial charge is 0.480 e. The number of carboxylic acids is 1. The molecule has 1 amide bonds. The van der Waals surface area contributed by atoms with Crippen molar-refractivity contribution in [2.75, 3.05) is 6.54 Å². The molecule has 0 aromatic carbocycles. The minimum atomic E-state index is -0.835. The van der Waals surface area contributed by atoms with E-state index in [1.165, 1.54) is 0 Å². The molecule has 1 aliphatic heterocycles. The molecule has 1 aromatic rings. The highest BCUT2D eigenvalue weighted by atomic mass is 32.1.